The van der Waals surface area contributed by atoms with Crippen molar-refractivity contribution < 1.29 is 0 Å². The van der Waals surface area contributed by atoms with E-state index in [1.165, 1.54) is 49.7 Å². The quantitative estimate of drug-likeness (QED) is 0.533. The second-order valence-corrected chi connectivity index (χ2v) is 4.38. The largest absolute Gasteiger partial charge is 0.0654 e. The average Bonchev–Trinajstić information content (AvgIpc) is 2.34. The van der Waals surface area contributed by atoms with Gasteiger partial charge in [0.25, 0.3) is 0 Å². The predicted molar refractivity (Wildman–Crippen MR) is 72.3 cm³/mol. The zero-order valence-electron chi connectivity index (χ0n) is 10.4. The van der Waals surface area contributed by atoms with Crippen LogP contribution in [-0.4, -0.2) is 0 Å². The zero-order chi connectivity index (χ0) is 11.6. The number of rotatable bonds is 8. The Balaban J connectivity index is 2.23. The number of aryl methyl sites for hydroxylation is 1. The lowest BCUT2D eigenvalue weighted by atomic mass is 10.0. The van der Waals surface area contributed by atoms with Crippen LogP contribution >= 0.6 is 0 Å². The Kier molecular flexibility index (Phi) is 6.64. The van der Waals surface area contributed by atoms with Gasteiger partial charge in [0.2, 0.25) is 0 Å². The monoisotopic (exact) mass is 215 g/mol. The summed E-state index contributed by atoms with van der Waals surface area (Å²) in [5, 5.41) is 0. The molecule has 0 unspecified atom stereocenters. The molecule has 0 heteroatoms. The highest BCUT2D eigenvalue weighted by Gasteiger charge is 1.97. The van der Waals surface area contributed by atoms with E-state index in [1.54, 1.807) is 6.08 Å². The van der Waals surface area contributed by atoms with Crippen LogP contribution in [-0.2, 0) is 6.42 Å². The molecule has 0 nitrogen and oxygen atoms in total. The number of hydrogen-bond acceptors (Lipinski definition) is 0. The fourth-order valence-electron chi connectivity index (χ4n) is 2.02. The molecule has 0 atom stereocenters. The summed E-state index contributed by atoms with van der Waals surface area (Å²) >= 11 is 0. The van der Waals surface area contributed by atoms with E-state index >= 15 is 0 Å². The van der Waals surface area contributed by atoms with Crippen molar-refractivity contribution in [3.8, 4) is 0 Å². The molecule has 0 aromatic heterocycles. The summed E-state index contributed by atoms with van der Waals surface area (Å²) in [6, 6.07) is 8.42. The van der Waals surface area contributed by atoms with E-state index in [-0.39, 0.29) is 0 Å². The van der Waals surface area contributed by atoms with Gasteiger partial charge in [-0.15, -0.1) is 0 Å². The summed E-state index contributed by atoms with van der Waals surface area (Å²) in [5.74, 6) is 0. The minimum absolute atomic E-state index is 1.16. The molecule has 1 aromatic carbocycles. The van der Waals surface area contributed by atoms with Crippen LogP contribution in [0.15, 0.2) is 24.3 Å². The molecule has 0 N–H and O–H groups in total. The highest BCUT2D eigenvalue weighted by Crippen LogP contribution is 2.14. The highest BCUT2D eigenvalue weighted by atomic mass is 14.0. The maximum atomic E-state index is 5.60. The van der Waals surface area contributed by atoms with Gasteiger partial charge in [0, 0.05) is 0 Å². The molecule has 0 amide bonds. The van der Waals surface area contributed by atoms with E-state index in [1.807, 2.05) is 6.07 Å². The van der Waals surface area contributed by atoms with Crippen LogP contribution in [0, 0.1) is 6.58 Å². The van der Waals surface area contributed by atoms with Crippen molar-refractivity contribution in [2.75, 3.05) is 0 Å². The summed E-state index contributed by atoms with van der Waals surface area (Å²) in [4.78, 5) is 0. The van der Waals surface area contributed by atoms with Crippen molar-refractivity contribution in [3.63, 3.8) is 0 Å². The Morgan fingerprint density at radius 3 is 2.44 bits per heavy atom. The molecule has 1 radical (unpaired) electrons. The molecule has 16 heavy (non-hydrogen) atoms. The van der Waals surface area contributed by atoms with E-state index < -0.39 is 0 Å². The number of hydrogen-bond donors (Lipinski definition) is 0. The lowest BCUT2D eigenvalue weighted by molar-refractivity contribution is 0.607. The molecule has 0 aliphatic heterocycles. The van der Waals surface area contributed by atoms with Crippen LogP contribution in [0.2, 0.25) is 0 Å². The van der Waals surface area contributed by atoms with Crippen LogP contribution in [0.1, 0.15) is 56.6 Å². The molecule has 0 fully saturated rings. The van der Waals surface area contributed by atoms with E-state index in [4.69, 9.17) is 6.58 Å². The van der Waals surface area contributed by atoms with Gasteiger partial charge in [0.15, 0.2) is 0 Å². The van der Waals surface area contributed by atoms with E-state index in [9.17, 15) is 0 Å². The lowest BCUT2D eigenvalue weighted by Crippen LogP contribution is -1.89. The third-order valence-corrected chi connectivity index (χ3v) is 3.03. The standard InChI is InChI=1S/C16H23/c1-3-5-6-7-8-9-13-16-14-11-10-12-15(16)4-2/h2,4,10-12,14H,3,5-9,13H2,1H3. The molecule has 87 valence electrons. The van der Waals surface area contributed by atoms with Crippen LogP contribution in [0.25, 0.3) is 6.08 Å². The van der Waals surface area contributed by atoms with Gasteiger partial charge >= 0.3 is 0 Å². The molecule has 0 aliphatic carbocycles. The zero-order valence-corrected chi connectivity index (χ0v) is 10.4. The van der Waals surface area contributed by atoms with Gasteiger partial charge in [0.1, 0.15) is 0 Å². The molecular weight excluding hydrogens is 192 g/mol. The minimum Gasteiger partial charge on any atom is -0.0654 e. The van der Waals surface area contributed by atoms with E-state index in [2.05, 4.69) is 25.1 Å². The van der Waals surface area contributed by atoms with Crippen LogP contribution in [0.4, 0.5) is 0 Å². The third kappa shape index (κ3) is 4.65. The second-order valence-electron chi connectivity index (χ2n) is 4.38. The average molecular weight is 215 g/mol. The summed E-state index contributed by atoms with van der Waals surface area (Å²) in [7, 11) is 0. The first-order chi connectivity index (χ1) is 7.88. The Morgan fingerprint density at radius 1 is 1.00 bits per heavy atom. The molecule has 0 heterocycles. The molecular formula is C16H23. The van der Waals surface area contributed by atoms with Gasteiger partial charge in [-0.3, -0.25) is 0 Å². The van der Waals surface area contributed by atoms with Gasteiger partial charge < -0.3 is 0 Å². The summed E-state index contributed by atoms with van der Waals surface area (Å²) < 4.78 is 0. The van der Waals surface area contributed by atoms with Gasteiger partial charge in [-0.2, -0.15) is 0 Å². The van der Waals surface area contributed by atoms with Crippen LogP contribution in [0.5, 0.6) is 0 Å². The number of benzene rings is 1. The van der Waals surface area contributed by atoms with Crippen molar-refractivity contribution in [1.29, 1.82) is 0 Å². The van der Waals surface area contributed by atoms with E-state index in [0.29, 0.717) is 0 Å². The molecule has 0 aliphatic rings. The van der Waals surface area contributed by atoms with Gasteiger partial charge in [-0.05, 0) is 24.0 Å². The van der Waals surface area contributed by atoms with Gasteiger partial charge in [-0.1, -0.05) is 75.9 Å². The highest BCUT2D eigenvalue weighted by molar-refractivity contribution is 5.50. The van der Waals surface area contributed by atoms with Crippen molar-refractivity contribution in [1.82, 2.24) is 0 Å². The third-order valence-electron chi connectivity index (χ3n) is 3.03. The van der Waals surface area contributed by atoms with Crippen molar-refractivity contribution >= 4 is 6.08 Å². The summed E-state index contributed by atoms with van der Waals surface area (Å²) in [6.07, 6.45) is 11.0. The molecule has 0 bridgehead atoms. The Labute approximate surface area is 100 Å². The molecule has 1 rings (SSSR count). The summed E-state index contributed by atoms with van der Waals surface area (Å²) in [6.45, 7) is 7.85. The predicted octanol–water partition coefficient (Wildman–Crippen LogP) is 5.04. The molecule has 0 saturated carbocycles. The first-order valence-corrected chi connectivity index (χ1v) is 6.51. The smallest absolute Gasteiger partial charge is 0.0225 e. The first kappa shape index (κ1) is 13.0. The van der Waals surface area contributed by atoms with Crippen LogP contribution in [0.3, 0.4) is 0 Å². The molecule has 0 spiro atoms. The summed E-state index contributed by atoms with van der Waals surface area (Å²) in [5.41, 5.74) is 2.58. The topological polar surface area (TPSA) is 0 Å². The Bertz CT molecular complexity index is 299. The SMILES string of the molecule is [CH]=Cc1ccccc1CCCCCCCC. The normalized spacial score (nSPS) is 10.3. The lowest BCUT2D eigenvalue weighted by Gasteiger charge is -2.05. The maximum Gasteiger partial charge on any atom is -0.0225 e. The van der Waals surface area contributed by atoms with Crippen molar-refractivity contribution in [2.24, 2.45) is 0 Å². The van der Waals surface area contributed by atoms with Crippen molar-refractivity contribution in [2.45, 2.75) is 51.9 Å². The maximum absolute atomic E-state index is 5.60. The number of unbranched alkanes of at least 4 members (excludes halogenated alkanes) is 5. The Morgan fingerprint density at radius 2 is 1.69 bits per heavy atom. The van der Waals surface area contributed by atoms with Crippen molar-refractivity contribution in [3.05, 3.63) is 42.0 Å². The first-order valence-electron chi connectivity index (χ1n) is 6.51. The molecule has 0 saturated heterocycles. The Hall–Kier alpha value is -1.04. The fraction of sp³-hybridized carbons (Fsp3) is 0.500. The second kappa shape index (κ2) is 8.15. The minimum atomic E-state index is 1.16. The fourth-order valence-corrected chi connectivity index (χ4v) is 2.02. The van der Waals surface area contributed by atoms with Crippen LogP contribution < -0.4 is 0 Å². The molecule has 1 aromatic rings. The van der Waals surface area contributed by atoms with Gasteiger partial charge in [-0.25, -0.2) is 0 Å². The van der Waals surface area contributed by atoms with Gasteiger partial charge in [0.05, 0.1) is 0 Å². The van der Waals surface area contributed by atoms with E-state index in [0.717, 1.165) is 6.42 Å².